The fraction of sp³-hybridized carbons (Fsp3) is 0.136. The minimum absolute atomic E-state index is 0.213. The average Bonchev–Trinajstić information content (AvgIpc) is 2.74. The fourth-order valence-electron chi connectivity index (χ4n) is 2.76. The van der Waals surface area contributed by atoms with Crippen molar-refractivity contribution in [3.8, 4) is 5.75 Å². The zero-order valence-corrected chi connectivity index (χ0v) is 16.6. The molecule has 3 rings (SSSR count). The van der Waals surface area contributed by atoms with Crippen molar-refractivity contribution in [2.24, 2.45) is 5.10 Å². The van der Waals surface area contributed by atoms with Crippen LogP contribution in [-0.4, -0.2) is 24.6 Å². The van der Waals surface area contributed by atoms with Gasteiger partial charge in [-0.15, -0.1) is 0 Å². The van der Waals surface area contributed by atoms with E-state index in [4.69, 9.17) is 16.3 Å². The van der Waals surface area contributed by atoms with Crippen molar-refractivity contribution in [2.75, 3.05) is 6.61 Å². The van der Waals surface area contributed by atoms with Gasteiger partial charge in [0.1, 0.15) is 5.75 Å². The molecule has 0 saturated carbocycles. The number of hydrogen-bond acceptors (Lipinski definition) is 4. The van der Waals surface area contributed by atoms with Crippen LogP contribution in [0.1, 0.15) is 18.1 Å². The summed E-state index contributed by atoms with van der Waals surface area (Å²) in [6.07, 6.45) is 1.48. The molecule has 3 aromatic carbocycles. The molecule has 0 radical (unpaired) electrons. The SMILES string of the molecule is CCOc1ccc2ccccc2c1/C=N\NC(=O)C(=O)NCc1ccc(Cl)cc1. The lowest BCUT2D eigenvalue weighted by molar-refractivity contribution is -0.139. The lowest BCUT2D eigenvalue weighted by atomic mass is 10.0. The van der Waals surface area contributed by atoms with E-state index < -0.39 is 11.8 Å². The van der Waals surface area contributed by atoms with E-state index in [0.717, 1.165) is 21.9 Å². The third-order valence-electron chi connectivity index (χ3n) is 4.16. The highest BCUT2D eigenvalue weighted by atomic mass is 35.5. The molecule has 0 fully saturated rings. The van der Waals surface area contributed by atoms with Crippen molar-refractivity contribution in [3.63, 3.8) is 0 Å². The summed E-state index contributed by atoms with van der Waals surface area (Å²) in [5.41, 5.74) is 3.81. The molecule has 6 nitrogen and oxygen atoms in total. The Kier molecular flexibility index (Phi) is 6.81. The molecular formula is C22H20ClN3O3. The number of halogens is 1. The van der Waals surface area contributed by atoms with Gasteiger partial charge in [-0.25, -0.2) is 5.43 Å². The highest BCUT2D eigenvalue weighted by molar-refractivity contribution is 6.35. The topological polar surface area (TPSA) is 79.8 Å². The second-order valence-corrected chi connectivity index (χ2v) is 6.58. The largest absolute Gasteiger partial charge is 0.493 e. The smallest absolute Gasteiger partial charge is 0.329 e. The van der Waals surface area contributed by atoms with E-state index in [9.17, 15) is 9.59 Å². The second kappa shape index (κ2) is 9.71. The number of carbonyl (C=O) groups excluding carboxylic acids is 2. The Morgan fingerprint density at radius 2 is 1.79 bits per heavy atom. The zero-order valence-electron chi connectivity index (χ0n) is 15.8. The summed E-state index contributed by atoms with van der Waals surface area (Å²) in [5, 5.41) is 9.03. The first-order valence-corrected chi connectivity index (χ1v) is 9.46. The maximum absolute atomic E-state index is 12.0. The lowest BCUT2D eigenvalue weighted by Gasteiger charge is -2.10. The number of amides is 2. The monoisotopic (exact) mass is 409 g/mol. The van der Waals surface area contributed by atoms with Gasteiger partial charge in [0.2, 0.25) is 0 Å². The highest BCUT2D eigenvalue weighted by Crippen LogP contribution is 2.26. The first kappa shape index (κ1) is 20.4. The number of rotatable bonds is 6. The maximum Gasteiger partial charge on any atom is 0.329 e. The quantitative estimate of drug-likeness (QED) is 0.370. The first-order valence-electron chi connectivity index (χ1n) is 9.08. The Labute approximate surface area is 173 Å². The molecule has 2 N–H and O–H groups in total. The van der Waals surface area contributed by atoms with E-state index >= 15 is 0 Å². The number of nitrogens with zero attached hydrogens (tertiary/aromatic N) is 1. The van der Waals surface area contributed by atoms with Crippen LogP contribution in [-0.2, 0) is 16.1 Å². The van der Waals surface area contributed by atoms with Crippen molar-refractivity contribution in [3.05, 3.63) is 76.8 Å². The third-order valence-corrected chi connectivity index (χ3v) is 4.41. The number of hydrogen-bond donors (Lipinski definition) is 2. The van der Waals surface area contributed by atoms with Gasteiger partial charge in [-0.1, -0.05) is 54.1 Å². The number of hydrazone groups is 1. The molecule has 2 amide bonds. The molecule has 0 aromatic heterocycles. The summed E-state index contributed by atoms with van der Waals surface area (Å²) in [4.78, 5) is 24.0. The van der Waals surface area contributed by atoms with Gasteiger partial charge in [-0.2, -0.15) is 5.10 Å². The van der Waals surface area contributed by atoms with E-state index in [2.05, 4.69) is 15.8 Å². The Bertz CT molecular complexity index is 1050. The van der Waals surface area contributed by atoms with Crippen molar-refractivity contribution in [1.82, 2.24) is 10.7 Å². The molecule has 29 heavy (non-hydrogen) atoms. The molecule has 0 heterocycles. The Morgan fingerprint density at radius 1 is 1.03 bits per heavy atom. The van der Waals surface area contributed by atoms with Crippen molar-refractivity contribution in [1.29, 1.82) is 0 Å². The minimum atomic E-state index is -0.853. The fourth-order valence-corrected chi connectivity index (χ4v) is 2.89. The standard InChI is InChI=1S/C22H20ClN3O3/c1-2-29-20-12-9-16-5-3-4-6-18(16)19(20)14-25-26-22(28)21(27)24-13-15-7-10-17(23)11-8-15/h3-12,14H,2,13H2,1H3,(H,24,27)(H,26,28)/b25-14-. The molecule has 0 aliphatic heterocycles. The van der Waals surface area contributed by atoms with Crippen LogP contribution < -0.4 is 15.5 Å². The van der Waals surface area contributed by atoms with Gasteiger partial charge in [-0.05, 0) is 41.5 Å². The normalized spacial score (nSPS) is 10.8. The first-order chi connectivity index (χ1) is 14.1. The van der Waals surface area contributed by atoms with Gasteiger partial charge in [0.25, 0.3) is 0 Å². The van der Waals surface area contributed by atoms with Crippen LogP contribution in [0.15, 0.2) is 65.8 Å². The Morgan fingerprint density at radius 3 is 2.55 bits per heavy atom. The molecule has 0 bridgehead atoms. The van der Waals surface area contributed by atoms with Crippen LogP contribution in [0.25, 0.3) is 10.8 Å². The van der Waals surface area contributed by atoms with Gasteiger partial charge in [0, 0.05) is 17.1 Å². The highest BCUT2D eigenvalue weighted by Gasteiger charge is 2.12. The molecule has 0 spiro atoms. The van der Waals surface area contributed by atoms with Crippen LogP contribution in [0.2, 0.25) is 5.02 Å². The molecule has 7 heteroatoms. The molecule has 0 aliphatic rings. The predicted octanol–water partition coefficient (Wildman–Crippen LogP) is 3.66. The predicted molar refractivity (Wildman–Crippen MR) is 114 cm³/mol. The van der Waals surface area contributed by atoms with Crippen LogP contribution >= 0.6 is 11.6 Å². The van der Waals surface area contributed by atoms with E-state index in [1.54, 1.807) is 24.3 Å². The van der Waals surface area contributed by atoms with Crippen LogP contribution in [0.5, 0.6) is 5.75 Å². The maximum atomic E-state index is 12.0. The van der Waals surface area contributed by atoms with Gasteiger partial charge >= 0.3 is 11.8 Å². The lowest BCUT2D eigenvalue weighted by Crippen LogP contribution is -2.37. The van der Waals surface area contributed by atoms with Gasteiger partial charge < -0.3 is 10.1 Å². The average molecular weight is 410 g/mol. The molecule has 148 valence electrons. The van der Waals surface area contributed by atoms with E-state index in [-0.39, 0.29) is 6.54 Å². The van der Waals surface area contributed by atoms with E-state index in [1.807, 2.05) is 43.3 Å². The number of fused-ring (bicyclic) bond motifs is 1. The zero-order chi connectivity index (χ0) is 20.6. The molecule has 0 unspecified atom stereocenters. The number of nitrogens with one attached hydrogen (secondary N) is 2. The van der Waals surface area contributed by atoms with Crippen molar-refractivity contribution in [2.45, 2.75) is 13.5 Å². The third kappa shape index (κ3) is 5.33. The summed E-state index contributed by atoms with van der Waals surface area (Å²) in [7, 11) is 0. The number of ether oxygens (including phenoxy) is 1. The van der Waals surface area contributed by atoms with Gasteiger partial charge in [-0.3, -0.25) is 9.59 Å². The van der Waals surface area contributed by atoms with Crippen molar-refractivity contribution < 1.29 is 14.3 Å². The summed E-state index contributed by atoms with van der Waals surface area (Å²) < 4.78 is 5.65. The molecule has 0 saturated heterocycles. The van der Waals surface area contributed by atoms with Gasteiger partial charge in [0.05, 0.1) is 12.8 Å². The van der Waals surface area contributed by atoms with Crippen LogP contribution in [0.3, 0.4) is 0 Å². The number of carbonyl (C=O) groups is 2. The molecule has 3 aromatic rings. The van der Waals surface area contributed by atoms with Crippen LogP contribution in [0, 0.1) is 0 Å². The Hall–Kier alpha value is -3.38. The van der Waals surface area contributed by atoms with E-state index in [1.165, 1.54) is 6.21 Å². The van der Waals surface area contributed by atoms with Gasteiger partial charge in [0.15, 0.2) is 0 Å². The summed E-state index contributed by atoms with van der Waals surface area (Å²) in [6, 6.07) is 18.6. The summed E-state index contributed by atoms with van der Waals surface area (Å²) in [6.45, 7) is 2.60. The van der Waals surface area contributed by atoms with Crippen molar-refractivity contribution >= 4 is 40.4 Å². The molecule has 0 aliphatic carbocycles. The molecule has 0 atom stereocenters. The van der Waals surface area contributed by atoms with E-state index in [0.29, 0.717) is 17.4 Å². The second-order valence-electron chi connectivity index (χ2n) is 6.14. The summed E-state index contributed by atoms with van der Waals surface area (Å²) >= 11 is 5.82. The minimum Gasteiger partial charge on any atom is -0.493 e. The molecular weight excluding hydrogens is 390 g/mol. The number of benzene rings is 3. The van der Waals surface area contributed by atoms with Crippen LogP contribution in [0.4, 0.5) is 0 Å². The summed E-state index contributed by atoms with van der Waals surface area (Å²) in [5.74, 6) is -0.982. The Balaban J connectivity index is 1.65.